The summed E-state index contributed by atoms with van der Waals surface area (Å²) in [5.74, 6) is 0.497. The highest BCUT2D eigenvalue weighted by molar-refractivity contribution is 5.78. The van der Waals surface area contributed by atoms with E-state index in [0.29, 0.717) is 0 Å². The predicted molar refractivity (Wildman–Crippen MR) is 49.6 cm³/mol. The molecule has 0 aliphatic heterocycles. The minimum absolute atomic E-state index is 0.227. The zero-order valence-corrected chi connectivity index (χ0v) is 7.81. The Labute approximate surface area is 74.7 Å². The molecule has 0 aromatic heterocycles. The van der Waals surface area contributed by atoms with E-state index in [2.05, 4.69) is 11.7 Å². The highest BCUT2D eigenvalue weighted by Crippen LogP contribution is 2.21. The van der Waals surface area contributed by atoms with Gasteiger partial charge in [0.1, 0.15) is 0 Å². The van der Waals surface area contributed by atoms with Crippen molar-refractivity contribution in [2.45, 2.75) is 38.5 Å². The lowest BCUT2D eigenvalue weighted by molar-refractivity contribution is -0.125. The lowest BCUT2D eigenvalue weighted by Gasteiger charge is -2.17. The minimum Gasteiger partial charge on any atom is -0.359 e. The summed E-state index contributed by atoms with van der Waals surface area (Å²) in [5.41, 5.74) is 0. The van der Waals surface area contributed by atoms with E-state index >= 15 is 0 Å². The van der Waals surface area contributed by atoms with Crippen LogP contribution in [0.15, 0.2) is 0 Å². The van der Waals surface area contributed by atoms with E-state index in [1.165, 1.54) is 19.3 Å². The quantitative estimate of drug-likeness (QED) is 0.636. The molecule has 1 amide bonds. The number of hydrogen-bond donors (Lipinski definition) is 1. The molecule has 1 fully saturated rings. The van der Waals surface area contributed by atoms with Crippen LogP contribution in [0, 0.1) is 12.3 Å². The summed E-state index contributed by atoms with van der Waals surface area (Å²) in [7, 11) is 1.73. The SMILES string of the molecule is CNC(=O)C1CC[CH]CCCC1. The second-order valence-corrected chi connectivity index (χ2v) is 3.46. The Balaban J connectivity index is 2.34. The highest BCUT2D eigenvalue weighted by Gasteiger charge is 2.17. The molecule has 1 atom stereocenters. The van der Waals surface area contributed by atoms with Crippen LogP contribution in [0.2, 0.25) is 0 Å². The first-order chi connectivity index (χ1) is 5.84. The second-order valence-electron chi connectivity index (χ2n) is 3.46. The molecular weight excluding hydrogens is 150 g/mol. The number of carbonyl (C=O) groups is 1. The standard InChI is InChI=1S/C10H18NO/c1-11-10(12)9-7-5-3-2-4-6-8-9/h3,9H,2,4-8H2,1H3,(H,11,12). The molecule has 1 rings (SSSR count). The topological polar surface area (TPSA) is 29.1 Å². The normalized spacial score (nSPS) is 21.1. The van der Waals surface area contributed by atoms with Crippen molar-refractivity contribution in [2.75, 3.05) is 7.05 Å². The molecule has 2 heteroatoms. The van der Waals surface area contributed by atoms with Gasteiger partial charge in [-0.05, 0) is 25.7 Å². The first kappa shape index (κ1) is 9.56. The van der Waals surface area contributed by atoms with Gasteiger partial charge in [0.05, 0.1) is 0 Å². The maximum Gasteiger partial charge on any atom is 0.222 e. The molecule has 1 aliphatic rings. The summed E-state index contributed by atoms with van der Waals surface area (Å²) in [5, 5.41) is 2.73. The van der Waals surface area contributed by atoms with Crippen LogP contribution >= 0.6 is 0 Å². The van der Waals surface area contributed by atoms with Crippen LogP contribution in [-0.2, 0) is 4.79 Å². The number of hydrogen-bond acceptors (Lipinski definition) is 1. The molecule has 1 N–H and O–H groups in total. The van der Waals surface area contributed by atoms with E-state index < -0.39 is 0 Å². The Morgan fingerprint density at radius 3 is 2.92 bits per heavy atom. The molecule has 1 radical (unpaired) electrons. The van der Waals surface area contributed by atoms with E-state index in [4.69, 9.17) is 0 Å². The molecule has 2 nitrogen and oxygen atoms in total. The summed E-state index contributed by atoms with van der Waals surface area (Å²) >= 11 is 0. The van der Waals surface area contributed by atoms with Crippen molar-refractivity contribution in [1.82, 2.24) is 5.32 Å². The lowest BCUT2D eigenvalue weighted by atomic mass is 9.91. The largest absolute Gasteiger partial charge is 0.359 e. The molecule has 0 aromatic rings. The van der Waals surface area contributed by atoms with Crippen LogP contribution in [0.25, 0.3) is 0 Å². The van der Waals surface area contributed by atoms with Gasteiger partial charge in [-0.25, -0.2) is 0 Å². The monoisotopic (exact) mass is 168 g/mol. The van der Waals surface area contributed by atoms with Crippen molar-refractivity contribution in [3.05, 3.63) is 6.42 Å². The van der Waals surface area contributed by atoms with E-state index in [1.807, 2.05) is 0 Å². The number of carbonyl (C=O) groups excluding carboxylic acids is 1. The molecule has 1 aliphatic carbocycles. The maximum absolute atomic E-state index is 11.3. The van der Waals surface area contributed by atoms with Gasteiger partial charge in [-0.2, -0.15) is 0 Å². The highest BCUT2D eigenvalue weighted by atomic mass is 16.1. The third kappa shape index (κ3) is 2.84. The van der Waals surface area contributed by atoms with Crippen molar-refractivity contribution >= 4 is 5.91 Å². The smallest absolute Gasteiger partial charge is 0.222 e. The Hall–Kier alpha value is -0.530. The Kier molecular flexibility index (Phi) is 4.12. The van der Waals surface area contributed by atoms with Gasteiger partial charge in [-0.3, -0.25) is 4.79 Å². The van der Waals surface area contributed by atoms with Crippen molar-refractivity contribution in [3.63, 3.8) is 0 Å². The molecule has 69 valence electrons. The number of rotatable bonds is 1. The zero-order chi connectivity index (χ0) is 8.81. The van der Waals surface area contributed by atoms with Gasteiger partial charge in [-0.1, -0.05) is 19.3 Å². The van der Waals surface area contributed by atoms with Gasteiger partial charge in [0.25, 0.3) is 0 Å². The average Bonchev–Trinajstić information content (AvgIpc) is 2.02. The van der Waals surface area contributed by atoms with Gasteiger partial charge in [0, 0.05) is 13.0 Å². The average molecular weight is 168 g/mol. The van der Waals surface area contributed by atoms with E-state index in [0.717, 1.165) is 19.3 Å². The van der Waals surface area contributed by atoms with Crippen molar-refractivity contribution < 1.29 is 4.79 Å². The van der Waals surface area contributed by atoms with Gasteiger partial charge in [-0.15, -0.1) is 0 Å². The summed E-state index contributed by atoms with van der Waals surface area (Å²) < 4.78 is 0. The minimum atomic E-state index is 0.227. The van der Waals surface area contributed by atoms with Crippen LogP contribution in [-0.4, -0.2) is 13.0 Å². The van der Waals surface area contributed by atoms with E-state index in [-0.39, 0.29) is 11.8 Å². The fraction of sp³-hybridized carbons (Fsp3) is 0.800. The Bertz CT molecular complexity index is 137. The lowest BCUT2D eigenvalue weighted by Crippen LogP contribution is -2.27. The Morgan fingerprint density at radius 1 is 1.33 bits per heavy atom. The Morgan fingerprint density at radius 2 is 2.17 bits per heavy atom. The molecule has 0 heterocycles. The van der Waals surface area contributed by atoms with E-state index in [9.17, 15) is 4.79 Å². The maximum atomic E-state index is 11.3. The van der Waals surface area contributed by atoms with E-state index in [1.54, 1.807) is 7.05 Å². The van der Waals surface area contributed by atoms with Crippen molar-refractivity contribution in [1.29, 1.82) is 0 Å². The van der Waals surface area contributed by atoms with Crippen LogP contribution in [0.4, 0.5) is 0 Å². The molecule has 0 bridgehead atoms. The van der Waals surface area contributed by atoms with Crippen LogP contribution in [0.1, 0.15) is 38.5 Å². The number of amides is 1. The summed E-state index contributed by atoms with van der Waals surface area (Å²) in [6.07, 6.45) is 9.24. The molecule has 0 spiro atoms. The van der Waals surface area contributed by atoms with Gasteiger partial charge >= 0.3 is 0 Å². The first-order valence-electron chi connectivity index (χ1n) is 4.88. The van der Waals surface area contributed by atoms with Gasteiger partial charge < -0.3 is 5.32 Å². The molecule has 0 saturated heterocycles. The van der Waals surface area contributed by atoms with Crippen LogP contribution in [0.3, 0.4) is 0 Å². The summed E-state index contributed by atoms with van der Waals surface area (Å²) in [6, 6.07) is 0. The second kappa shape index (κ2) is 5.18. The molecule has 1 saturated carbocycles. The molecule has 0 aromatic carbocycles. The molecule has 12 heavy (non-hydrogen) atoms. The fourth-order valence-electron chi connectivity index (χ4n) is 1.75. The molecular formula is C10H18NO. The van der Waals surface area contributed by atoms with Gasteiger partial charge in [0.15, 0.2) is 0 Å². The number of nitrogens with one attached hydrogen (secondary N) is 1. The zero-order valence-electron chi connectivity index (χ0n) is 7.81. The van der Waals surface area contributed by atoms with Gasteiger partial charge in [0.2, 0.25) is 5.91 Å². The molecule has 1 unspecified atom stereocenters. The third-order valence-corrected chi connectivity index (χ3v) is 2.55. The van der Waals surface area contributed by atoms with Crippen molar-refractivity contribution in [2.24, 2.45) is 5.92 Å². The predicted octanol–water partition coefficient (Wildman–Crippen LogP) is 1.91. The third-order valence-electron chi connectivity index (χ3n) is 2.55. The first-order valence-corrected chi connectivity index (χ1v) is 4.88. The van der Waals surface area contributed by atoms with Crippen LogP contribution < -0.4 is 5.32 Å². The van der Waals surface area contributed by atoms with Crippen molar-refractivity contribution in [3.8, 4) is 0 Å². The van der Waals surface area contributed by atoms with Crippen LogP contribution in [0.5, 0.6) is 0 Å². The summed E-state index contributed by atoms with van der Waals surface area (Å²) in [6.45, 7) is 0. The fourth-order valence-corrected chi connectivity index (χ4v) is 1.75. The summed E-state index contributed by atoms with van der Waals surface area (Å²) in [4.78, 5) is 11.3.